The molecular weight excluding hydrogens is 194 g/mol. The summed E-state index contributed by atoms with van der Waals surface area (Å²) in [5.74, 6) is 0.694. The number of hydrogen-bond acceptors (Lipinski definition) is 1. The lowest BCUT2D eigenvalue weighted by Gasteiger charge is -2.45. The Bertz CT molecular complexity index is 329. The zero-order valence-electron chi connectivity index (χ0n) is 8.17. The average molecular weight is 209 g/mol. The smallest absolute Gasteiger partial charge is 0.0415 e. The molecular formula is C12H15ClN. The van der Waals surface area contributed by atoms with Gasteiger partial charge in [-0.3, -0.25) is 0 Å². The zero-order chi connectivity index (χ0) is 10.2. The number of rotatable bonds is 2. The molecule has 14 heavy (non-hydrogen) atoms. The molecule has 1 aliphatic rings. The maximum Gasteiger partial charge on any atom is 0.0415 e. The van der Waals surface area contributed by atoms with Crippen LogP contribution in [0.15, 0.2) is 24.3 Å². The molecule has 1 fully saturated rings. The van der Waals surface area contributed by atoms with E-state index in [2.05, 4.69) is 13.0 Å². The van der Waals surface area contributed by atoms with Gasteiger partial charge in [-0.15, -0.1) is 0 Å². The fourth-order valence-electron chi connectivity index (χ4n) is 2.21. The maximum atomic E-state index is 6.27. The molecule has 1 saturated carbocycles. The van der Waals surface area contributed by atoms with E-state index in [1.807, 2.05) is 18.2 Å². The van der Waals surface area contributed by atoms with Crippen LogP contribution < -0.4 is 5.73 Å². The molecule has 1 aromatic carbocycles. The van der Waals surface area contributed by atoms with Gasteiger partial charge in [-0.2, -0.15) is 0 Å². The van der Waals surface area contributed by atoms with Crippen LogP contribution in [0.1, 0.15) is 24.8 Å². The predicted octanol–water partition coefficient (Wildman–Crippen LogP) is 3.13. The first-order valence-corrected chi connectivity index (χ1v) is 5.36. The highest BCUT2D eigenvalue weighted by Gasteiger charge is 2.41. The Kier molecular flexibility index (Phi) is 2.54. The first-order chi connectivity index (χ1) is 6.64. The third-order valence-corrected chi connectivity index (χ3v) is 3.35. The van der Waals surface area contributed by atoms with Gasteiger partial charge in [0.15, 0.2) is 0 Å². The SMILES string of the molecule is [CH2]CC1CC(N)(c2cccc(Cl)c2)C1. The van der Waals surface area contributed by atoms with E-state index in [4.69, 9.17) is 17.3 Å². The number of hydrogen-bond donors (Lipinski definition) is 1. The molecule has 1 aliphatic carbocycles. The quantitative estimate of drug-likeness (QED) is 0.794. The summed E-state index contributed by atoms with van der Waals surface area (Å²) in [6.07, 6.45) is 3.06. The van der Waals surface area contributed by atoms with Crippen LogP contribution in [0, 0.1) is 12.8 Å². The van der Waals surface area contributed by atoms with Gasteiger partial charge in [-0.1, -0.05) is 37.1 Å². The van der Waals surface area contributed by atoms with E-state index in [0.29, 0.717) is 5.92 Å². The van der Waals surface area contributed by atoms with E-state index >= 15 is 0 Å². The van der Waals surface area contributed by atoms with Crippen molar-refractivity contribution in [3.05, 3.63) is 41.8 Å². The zero-order valence-corrected chi connectivity index (χ0v) is 8.93. The Morgan fingerprint density at radius 2 is 2.21 bits per heavy atom. The summed E-state index contributed by atoms with van der Waals surface area (Å²) in [5.41, 5.74) is 7.29. The molecule has 0 spiro atoms. The summed E-state index contributed by atoms with van der Waals surface area (Å²) in [5, 5.41) is 0.769. The van der Waals surface area contributed by atoms with Crippen molar-refractivity contribution in [3.63, 3.8) is 0 Å². The molecule has 0 aromatic heterocycles. The summed E-state index contributed by atoms with van der Waals surface area (Å²) in [6.45, 7) is 3.90. The number of halogens is 1. The van der Waals surface area contributed by atoms with E-state index in [1.54, 1.807) is 0 Å². The highest BCUT2D eigenvalue weighted by molar-refractivity contribution is 6.30. The first kappa shape index (κ1) is 10.0. The van der Waals surface area contributed by atoms with E-state index in [9.17, 15) is 0 Å². The van der Waals surface area contributed by atoms with Crippen LogP contribution in [0.2, 0.25) is 5.02 Å². The minimum atomic E-state index is -0.146. The van der Waals surface area contributed by atoms with Gasteiger partial charge in [0.1, 0.15) is 0 Å². The molecule has 0 amide bonds. The fourth-order valence-corrected chi connectivity index (χ4v) is 2.40. The van der Waals surface area contributed by atoms with Gasteiger partial charge in [0.25, 0.3) is 0 Å². The van der Waals surface area contributed by atoms with Gasteiger partial charge in [0.2, 0.25) is 0 Å². The van der Waals surface area contributed by atoms with Crippen molar-refractivity contribution in [2.45, 2.75) is 24.8 Å². The van der Waals surface area contributed by atoms with E-state index in [0.717, 1.165) is 29.8 Å². The Labute approximate surface area is 90.3 Å². The molecule has 1 nitrogen and oxygen atoms in total. The lowest BCUT2D eigenvalue weighted by atomic mass is 9.64. The minimum absolute atomic E-state index is 0.146. The summed E-state index contributed by atoms with van der Waals surface area (Å²) < 4.78 is 0. The summed E-state index contributed by atoms with van der Waals surface area (Å²) in [4.78, 5) is 0. The van der Waals surface area contributed by atoms with Gasteiger partial charge in [0, 0.05) is 10.6 Å². The molecule has 0 unspecified atom stereocenters. The van der Waals surface area contributed by atoms with Crippen molar-refractivity contribution in [1.29, 1.82) is 0 Å². The third-order valence-electron chi connectivity index (χ3n) is 3.11. The summed E-state index contributed by atoms with van der Waals surface area (Å²) >= 11 is 5.93. The van der Waals surface area contributed by atoms with Crippen LogP contribution in [0.4, 0.5) is 0 Å². The molecule has 0 saturated heterocycles. The van der Waals surface area contributed by atoms with Crippen LogP contribution in [-0.4, -0.2) is 0 Å². The predicted molar refractivity (Wildman–Crippen MR) is 60.0 cm³/mol. The third kappa shape index (κ3) is 1.67. The van der Waals surface area contributed by atoms with E-state index < -0.39 is 0 Å². The Balaban J connectivity index is 2.16. The fraction of sp³-hybridized carbons (Fsp3) is 0.417. The standard InChI is InChI=1S/C12H15ClN/c1-2-9-7-12(14,8-9)10-4-3-5-11(13)6-10/h3-6,9H,1-2,7-8,14H2. The molecule has 0 bridgehead atoms. The van der Waals surface area contributed by atoms with E-state index in [1.165, 1.54) is 0 Å². The Morgan fingerprint density at radius 3 is 2.79 bits per heavy atom. The molecule has 1 radical (unpaired) electrons. The second kappa shape index (κ2) is 3.56. The first-order valence-electron chi connectivity index (χ1n) is 4.98. The molecule has 75 valence electrons. The summed E-state index contributed by atoms with van der Waals surface area (Å²) in [7, 11) is 0. The highest BCUT2D eigenvalue weighted by atomic mass is 35.5. The molecule has 2 heteroatoms. The summed E-state index contributed by atoms with van der Waals surface area (Å²) in [6, 6.07) is 7.88. The van der Waals surface area contributed by atoms with Crippen molar-refractivity contribution in [2.24, 2.45) is 11.7 Å². The van der Waals surface area contributed by atoms with Crippen LogP contribution >= 0.6 is 11.6 Å². The normalized spacial score (nSPS) is 31.2. The monoisotopic (exact) mass is 208 g/mol. The van der Waals surface area contributed by atoms with Gasteiger partial charge >= 0.3 is 0 Å². The van der Waals surface area contributed by atoms with Crippen LogP contribution in [0.3, 0.4) is 0 Å². The number of benzene rings is 1. The van der Waals surface area contributed by atoms with E-state index in [-0.39, 0.29) is 5.54 Å². The highest BCUT2D eigenvalue weighted by Crippen LogP contribution is 2.45. The molecule has 1 aromatic rings. The molecule has 0 atom stereocenters. The Hall–Kier alpha value is -0.530. The van der Waals surface area contributed by atoms with Crippen molar-refractivity contribution >= 4 is 11.6 Å². The van der Waals surface area contributed by atoms with Crippen LogP contribution in [-0.2, 0) is 5.54 Å². The average Bonchev–Trinajstić information content (AvgIpc) is 2.13. The topological polar surface area (TPSA) is 26.0 Å². The number of nitrogens with two attached hydrogens (primary N) is 1. The second-order valence-electron chi connectivity index (χ2n) is 4.23. The minimum Gasteiger partial charge on any atom is -0.321 e. The lowest BCUT2D eigenvalue weighted by molar-refractivity contribution is 0.149. The molecule has 0 heterocycles. The van der Waals surface area contributed by atoms with Gasteiger partial charge < -0.3 is 5.73 Å². The van der Waals surface area contributed by atoms with Gasteiger partial charge in [-0.25, -0.2) is 0 Å². The van der Waals surface area contributed by atoms with Crippen molar-refractivity contribution in [3.8, 4) is 0 Å². The lowest BCUT2D eigenvalue weighted by Crippen LogP contribution is -2.48. The van der Waals surface area contributed by atoms with Crippen LogP contribution in [0.25, 0.3) is 0 Å². The van der Waals surface area contributed by atoms with Crippen molar-refractivity contribution in [1.82, 2.24) is 0 Å². The van der Waals surface area contributed by atoms with Crippen molar-refractivity contribution in [2.75, 3.05) is 0 Å². The second-order valence-corrected chi connectivity index (χ2v) is 4.67. The Morgan fingerprint density at radius 1 is 1.50 bits per heavy atom. The van der Waals surface area contributed by atoms with Gasteiger partial charge in [-0.05, 0) is 36.5 Å². The van der Waals surface area contributed by atoms with Crippen molar-refractivity contribution < 1.29 is 0 Å². The maximum absolute atomic E-state index is 6.27. The molecule has 2 N–H and O–H groups in total. The van der Waals surface area contributed by atoms with Gasteiger partial charge in [0.05, 0.1) is 0 Å². The molecule has 2 rings (SSSR count). The van der Waals surface area contributed by atoms with Crippen LogP contribution in [0.5, 0.6) is 0 Å². The largest absolute Gasteiger partial charge is 0.321 e. The molecule has 0 aliphatic heterocycles.